The Balaban J connectivity index is -0.000000154. The van der Waals surface area contributed by atoms with Crippen LogP contribution in [0.25, 0.3) is 0 Å². The molecular formula is C71H164BrMgN5O9S3Si6. The van der Waals surface area contributed by atoms with Crippen molar-refractivity contribution >= 4 is 112 Å². The zero-order chi connectivity index (χ0) is 75.3. The van der Waals surface area contributed by atoms with E-state index in [-0.39, 0.29) is 130 Å². The molecule has 0 spiro atoms. The Hall–Kier alpha value is 1.49. The van der Waals surface area contributed by atoms with Gasteiger partial charge in [-0.1, -0.05) is 152 Å². The summed E-state index contributed by atoms with van der Waals surface area (Å²) in [5, 5.41) is 0.646. The Kier molecular flexibility index (Phi) is 55.4. The van der Waals surface area contributed by atoms with Crippen molar-refractivity contribution in [2.24, 2.45) is 4.40 Å². The molecule has 0 aliphatic carbocycles. The van der Waals surface area contributed by atoms with Gasteiger partial charge in [0.1, 0.15) is 17.1 Å². The topological polar surface area (TPSA) is 149 Å². The fraction of sp³-hybridized carbons (Fsp3) is 0.901. The predicted octanol–water partition coefficient (Wildman–Crippen LogP) is 16.6. The van der Waals surface area contributed by atoms with Crippen molar-refractivity contribution in [1.29, 1.82) is 0 Å². The molecule has 0 saturated heterocycles. The van der Waals surface area contributed by atoms with E-state index in [0.717, 1.165) is 13.1 Å². The molecule has 0 saturated carbocycles. The van der Waals surface area contributed by atoms with Crippen LogP contribution < -0.4 is 26.4 Å². The predicted molar refractivity (Wildman–Crippen MR) is 448 cm³/mol. The zero-order valence-corrected chi connectivity index (χ0v) is 81.1. The maximum absolute atomic E-state index is 12.7. The molecule has 0 aromatic carbocycles. The third-order valence-corrected chi connectivity index (χ3v) is 50.3. The van der Waals surface area contributed by atoms with Crippen LogP contribution in [0, 0.1) is 6.58 Å². The molecule has 0 amide bonds. The summed E-state index contributed by atoms with van der Waals surface area (Å²) < 4.78 is 86.9. The zero-order valence-electron chi connectivity index (χ0n) is 69.7. The summed E-state index contributed by atoms with van der Waals surface area (Å²) >= 11 is 0. The van der Waals surface area contributed by atoms with Gasteiger partial charge in [-0.15, -0.1) is 13.2 Å². The van der Waals surface area contributed by atoms with Crippen LogP contribution in [-0.4, -0.2) is 207 Å². The molecule has 2 N–H and O–H groups in total. The van der Waals surface area contributed by atoms with Crippen LogP contribution >= 0.6 is 0 Å². The van der Waals surface area contributed by atoms with Gasteiger partial charge in [-0.05, 0) is 199 Å². The van der Waals surface area contributed by atoms with Crippen LogP contribution in [0.5, 0.6) is 0 Å². The molecule has 0 aromatic heterocycles. The first-order chi connectivity index (χ1) is 40.1. The molecule has 25 heteroatoms. The van der Waals surface area contributed by atoms with Gasteiger partial charge in [-0.2, -0.15) is 4.40 Å². The largest absolute Gasteiger partial charge is 2.00 e. The van der Waals surface area contributed by atoms with E-state index >= 15 is 0 Å². The Morgan fingerprint density at radius 3 is 0.823 bits per heavy atom. The van der Waals surface area contributed by atoms with E-state index in [1.54, 1.807) is 6.21 Å². The third-order valence-electron chi connectivity index (χ3n) is 18.7. The Morgan fingerprint density at radius 1 is 0.417 bits per heavy atom. The van der Waals surface area contributed by atoms with Crippen LogP contribution in [0.2, 0.25) is 109 Å². The first kappa shape index (κ1) is 116. The monoisotopic (exact) mass is 1600 g/mol. The molecule has 8 atom stereocenters. The number of hydrogen-bond acceptors (Lipinski definition) is 11. The molecular weight excluding hydrogens is 1440 g/mol. The molecule has 0 aliphatic rings. The van der Waals surface area contributed by atoms with E-state index in [4.69, 9.17) is 26.6 Å². The summed E-state index contributed by atoms with van der Waals surface area (Å²) in [7, 11) is -7.15. The number of hydrogen-bond donors (Lipinski definition) is 2. The molecule has 0 fully saturated rings. The van der Waals surface area contributed by atoms with Gasteiger partial charge < -0.3 is 59.9 Å². The molecule has 0 radical (unpaired) electrons. The maximum atomic E-state index is 12.7. The maximum Gasteiger partial charge on any atom is 2.00 e. The molecule has 0 unspecified atom stereocenters. The van der Waals surface area contributed by atoms with Gasteiger partial charge in [0.2, 0.25) is 0 Å². The van der Waals surface area contributed by atoms with Crippen molar-refractivity contribution in [3.8, 4) is 0 Å². The van der Waals surface area contributed by atoms with E-state index in [0.29, 0.717) is 19.8 Å². The second-order valence-corrected chi connectivity index (χ2v) is 71.8. The van der Waals surface area contributed by atoms with Crippen LogP contribution in [0.4, 0.5) is 0 Å². The summed E-state index contributed by atoms with van der Waals surface area (Å²) in [5.41, 5.74) is 0. The van der Waals surface area contributed by atoms with Crippen LogP contribution in [0.15, 0.2) is 36.3 Å². The minimum absolute atomic E-state index is 0. The second-order valence-electron chi connectivity index (χ2n) is 37.2. The van der Waals surface area contributed by atoms with Crippen molar-refractivity contribution in [2.75, 3.05) is 61.1 Å². The van der Waals surface area contributed by atoms with E-state index < -0.39 is 82.9 Å². The Labute approximate surface area is 641 Å². The van der Waals surface area contributed by atoms with Gasteiger partial charge >= 0.3 is 23.1 Å². The van der Waals surface area contributed by atoms with Crippen LogP contribution in [0.3, 0.4) is 0 Å². The average Bonchev–Trinajstić information content (AvgIpc) is 0.840. The molecule has 0 rings (SSSR count). The molecule has 0 aliphatic heterocycles. The van der Waals surface area contributed by atoms with Crippen molar-refractivity contribution in [3.05, 3.63) is 38.5 Å². The van der Waals surface area contributed by atoms with E-state index in [2.05, 4.69) is 281 Å². The van der Waals surface area contributed by atoms with Crippen molar-refractivity contribution < 1.29 is 56.2 Å². The first-order valence-electron chi connectivity index (χ1n) is 33.4. The minimum atomic E-state index is -2.04. The van der Waals surface area contributed by atoms with Gasteiger partial charge in [0.25, 0.3) is 0 Å². The van der Waals surface area contributed by atoms with Crippen LogP contribution in [-0.2, 0) is 59.5 Å². The van der Waals surface area contributed by atoms with Crippen molar-refractivity contribution in [1.82, 2.24) is 19.2 Å². The van der Waals surface area contributed by atoms with Gasteiger partial charge in [0.15, 0.2) is 49.9 Å². The smallest absolute Gasteiger partial charge is 1.00 e. The number of likely N-dealkylation sites (N-methyl/N-ethyl adjacent to an activating group) is 2. The van der Waals surface area contributed by atoms with Gasteiger partial charge in [0.05, 0.1) is 80.3 Å². The second kappa shape index (κ2) is 45.9. The summed E-state index contributed by atoms with van der Waals surface area (Å²) in [4.78, 5) is 4.36. The van der Waals surface area contributed by atoms with Gasteiger partial charge in [-0.3, -0.25) is 6.58 Å². The van der Waals surface area contributed by atoms with Gasteiger partial charge in [-0.25, -0.2) is 22.1 Å². The summed E-state index contributed by atoms with van der Waals surface area (Å²) in [6, 6.07) is -0.474. The summed E-state index contributed by atoms with van der Waals surface area (Å²) in [6.07, 6.45) is 4.64. The van der Waals surface area contributed by atoms with E-state index in [1.165, 1.54) is 0 Å². The van der Waals surface area contributed by atoms with Crippen molar-refractivity contribution in [3.63, 3.8) is 0 Å². The number of nitrogens with one attached hydrogen (secondary N) is 2. The first-order valence-corrected chi connectivity index (χ1v) is 54.2. The van der Waals surface area contributed by atoms with Crippen LogP contribution in [0.1, 0.15) is 202 Å². The van der Waals surface area contributed by atoms with Crippen molar-refractivity contribution in [2.45, 2.75) is 355 Å². The quantitative estimate of drug-likeness (QED) is 0.0334. The summed E-state index contributed by atoms with van der Waals surface area (Å²) in [5.74, 6) is 0. The molecule has 0 heterocycles. The number of halogens is 1. The standard InChI is InChI=1S/2C21H47NO3SSi2.C19H43NO3SSi2.C6H16N2.C2H3.2CH4.BrH.Mg/c2*1-15-17(22-26(23)19(2,3)4)18(25-28(13,14)21(8,9)10)16-24-27(11,12)20(5,6)7;1-17(2,3)24(21)20-14-16(23-26(12,13)19(7,8)9)15-22-25(10,11)18(4,5)6;1-7(2)5-6-8(3)4;1-2;;;;/h2*15,17-18,22H,1,16H2,2-14H3;14,16H,15H2,1-13H3;5-6H2,1-4H3;1H,2H2;2*1H4;1H;/q;;;;-1;;;;+2/p-1/t17-,18+,26-;17-,18-,26+;16-,24-;;;;;;/m010....../s1. The fourth-order valence-electron chi connectivity index (χ4n) is 5.55. The van der Waals surface area contributed by atoms with Gasteiger partial charge in [0, 0.05) is 19.3 Å². The minimum Gasteiger partial charge on any atom is -1.00 e. The molecule has 14 nitrogen and oxygen atoms in total. The number of nitrogens with zero attached hydrogens (tertiary/aromatic N) is 3. The van der Waals surface area contributed by atoms with E-state index in [9.17, 15) is 12.6 Å². The SMILES string of the molecule is C.C.C=C[C@@H](N[S@@](=O)C(C)(C)C)[C@@H](CO[Si](C)(C)C(C)(C)C)O[Si](C)(C)C(C)(C)C.C=C[C@H](N[S@@](=O)C(C)(C)C)[C@@H](CO[Si](C)(C)C(C)(C)C)O[Si](C)(C)C(C)(C)C.CC(C)(C)[S@](=O)N=C[C@@H](CO[Si](C)(C)C(C)(C)C)O[Si](C)(C)C(C)(C)C.CN(C)CCN(C)C.[Br-].[CH-]=C.[Mg+2]. The molecule has 96 heavy (non-hydrogen) atoms. The molecule has 578 valence electrons. The number of rotatable bonds is 28. The average molecular weight is 1600 g/mol. The molecule has 0 aromatic rings. The van der Waals surface area contributed by atoms with E-state index in [1.807, 2.05) is 74.5 Å². The Morgan fingerprint density at radius 2 is 0.635 bits per heavy atom. The Bertz CT molecular complexity index is 2130. The third kappa shape index (κ3) is 45.8. The molecule has 0 bridgehead atoms. The normalized spacial score (nSPS) is 16.2. The summed E-state index contributed by atoms with van der Waals surface area (Å²) in [6.45, 7) is 103. The fourth-order valence-corrected chi connectivity index (χ4v) is 14.7.